The van der Waals surface area contributed by atoms with Crippen molar-refractivity contribution in [3.05, 3.63) is 78.1 Å². The van der Waals surface area contributed by atoms with Crippen LogP contribution in [0.15, 0.2) is 70.8 Å². The lowest BCUT2D eigenvalue weighted by Crippen LogP contribution is -2.40. The fourth-order valence-electron chi connectivity index (χ4n) is 3.52. The number of piperidine rings is 1. The summed E-state index contributed by atoms with van der Waals surface area (Å²) < 4.78 is 26.4. The van der Waals surface area contributed by atoms with E-state index >= 15 is 0 Å². The molecule has 0 unspecified atom stereocenters. The number of hydrogen-bond acceptors (Lipinski definition) is 5. The normalized spacial score (nSPS) is 14.5. The first kappa shape index (κ1) is 21.2. The fraction of sp³-hybridized carbons (Fsp3) is 0.261. The smallest absolute Gasteiger partial charge is 0.223 e. The molecule has 2 heterocycles. The summed E-state index contributed by atoms with van der Waals surface area (Å²) in [5.41, 5.74) is 0.872. The van der Waals surface area contributed by atoms with E-state index in [4.69, 9.17) is 0 Å². The highest BCUT2D eigenvalue weighted by atomic mass is 32.2. The molecule has 0 radical (unpaired) electrons. The van der Waals surface area contributed by atoms with Gasteiger partial charge in [0.2, 0.25) is 5.91 Å². The van der Waals surface area contributed by atoms with Gasteiger partial charge in [-0.25, -0.2) is 18.7 Å². The Hall–Kier alpha value is -3.00. The third-order valence-electron chi connectivity index (χ3n) is 5.22. The topological polar surface area (TPSA) is 58.1 Å². The van der Waals surface area contributed by atoms with E-state index in [1.807, 2.05) is 12.1 Å². The minimum atomic E-state index is -0.287. The van der Waals surface area contributed by atoms with Gasteiger partial charge in [-0.2, -0.15) is 0 Å². The summed E-state index contributed by atoms with van der Waals surface area (Å²) in [7, 11) is 0. The minimum absolute atomic E-state index is 0.0222. The highest BCUT2D eigenvalue weighted by molar-refractivity contribution is 7.99. The lowest BCUT2D eigenvalue weighted by atomic mass is 9.96. The first-order valence-corrected chi connectivity index (χ1v) is 10.9. The van der Waals surface area contributed by atoms with E-state index < -0.39 is 0 Å². The van der Waals surface area contributed by atoms with Crippen LogP contribution in [0.4, 0.5) is 14.6 Å². The van der Waals surface area contributed by atoms with Crippen molar-refractivity contribution < 1.29 is 13.6 Å². The van der Waals surface area contributed by atoms with Crippen molar-refractivity contribution >= 4 is 23.5 Å². The number of amides is 1. The molecule has 160 valence electrons. The lowest BCUT2D eigenvalue weighted by Gasteiger charge is -2.32. The number of benzene rings is 2. The van der Waals surface area contributed by atoms with Crippen LogP contribution in [0, 0.1) is 17.6 Å². The van der Waals surface area contributed by atoms with Gasteiger partial charge in [0.15, 0.2) is 0 Å². The molecule has 1 fully saturated rings. The van der Waals surface area contributed by atoms with E-state index in [1.54, 1.807) is 18.2 Å². The number of anilines is 1. The maximum absolute atomic E-state index is 13.4. The van der Waals surface area contributed by atoms with Crippen molar-refractivity contribution in [3.8, 4) is 0 Å². The Morgan fingerprint density at radius 3 is 2.55 bits per heavy atom. The van der Waals surface area contributed by atoms with Gasteiger partial charge < -0.3 is 10.2 Å². The van der Waals surface area contributed by atoms with Gasteiger partial charge in [0.05, 0.1) is 0 Å². The Morgan fingerprint density at radius 2 is 1.81 bits per heavy atom. The second-order valence-corrected chi connectivity index (χ2v) is 8.47. The van der Waals surface area contributed by atoms with Crippen LogP contribution < -0.4 is 10.2 Å². The highest BCUT2D eigenvalue weighted by Gasteiger charge is 2.25. The van der Waals surface area contributed by atoms with Gasteiger partial charge in [-0.15, -0.1) is 0 Å². The van der Waals surface area contributed by atoms with Gasteiger partial charge in [-0.3, -0.25) is 4.79 Å². The average Bonchev–Trinajstić information content (AvgIpc) is 2.79. The largest absolute Gasteiger partial charge is 0.356 e. The number of halogens is 2. The van der Waals surface area contributed by atoms with Crippen molar-refractivity contribution in [3.63, 3.8) is 0 Å². The first-order chi connectivity index (χ1) is 15.1. The molecule has 2 aromatic carbocycles. The van der Waals surface area contributed by atoms with Crippen LogP contribution in [0.1, 0.15) is 18.4 Å². The molecule has 1 aromatic heterocycles. The van der Waals surface area contributed by atoms with Crippen LogP contribution in [0.5, 0.6) is 0 Å². The molecular formula is C23H22F2N4OS. The van der Waals surface area contributed by atoms with E-state index in [9.17, 15) is 13.6 Å². The molecule has 8 heteroatoms. The monoisotopic (exact) mass is 440 g/mol. The number of aromatic nitrogens is 2. The number of nitrogens with zero attached hydrogens (tertiary/aromatic N) is 3. The highest BCUT2D eigenvalue weighted by Crippen LogP contribution is 2.29. The summed E-state index contributed by atoms with van der Waals surface area (Å²) >= 11 is 1.39. The van der Waals surface area contributed by atoms with Gasteiger partial charge in [-0.05, 0) is 48.7 Å². The van der Waals surface area contributed by atoms with E-state index in [0.29, 0.717) is 6.54 Å². The Kier molecular flexibility index (Phi) is 6.76. The van der Waals surface area contributed by atoms with Crippen molar-refractivity contribution in [2.24, 2.45) is 5.92 Å². The quantitative estimate of drug-likeness (QED) is 0.575. The number of carbonyl (C=O) groups excluding carboxylic acids is 1. The molecule has 0 aliphatic carbocycles. The van der Waals surface area contributed by atoms with Crippen LogP contribution in [0.2, 0.25) is 0 Å². The molecule has 5 nitrogen and oxygen atoms in total. The molecular weight excluding hydrogens is 418 g/mol. The Balaban J connectivity index is 1.30. The third-order valence-corrected chi connectivity index (χ3v) is 6.14. The van der Waals surface area contributed by atoms with Crippen LogP contribution in [-0.4, -0.2) is 29.0 Å². The number of carbonyl (C=O) groups is 1. The van der Waals surface area contributed by atoms with Gasteiger partial charge in [0, 0.05) is 36.5 Å². The Bertz CT molecular complexity index is 1040. The number of nitrogens with one attached hydrogen (secondary N) is 1. The average molecular weight is 441 g/mol. The molecule has 1 amide bonds. The Labute approximate surface area is 183 Å². The first-order valence-electron chi connectivity index (χ1n) is 10.1. The predicted molar refractivity (Wildman–Crippen MR) is 116 cm³/mol. The molecule has 4 rings (SSSR count). The zero-order valence-corrected chi connectivity index (χ0v) is 17.6. The van der Waals surface area contributed by atoms with E-state index in [2.05, 4.69) is 20.2 Å². The van der Waals surface area contributed by atoms with Crippen molar-refractivity contribution in [2.45, 2.75) is 29.3 Å². The molecule has 1 aliphatic heterocycles. The number of rotatable bonds is 6. The summed E-state index contributed by atoms with van der Waals surface area (Å²) in [5.74, 6) is 0.205. The second-order valence-electron chi connectivity index (χ2n) is 7.38. The summed E-state index contributed by atoms with van der Waals surface area (Å²) in [6.07, 6.45) is 2.97. The van der Waals surface area contributed by atoms with Crippen LogP contribution in [-0.2, 0) is 11.3 Å². The van der Waals surface area contributed by atoms with Crippen LogP contribution >= 0.6 is 11.8 Å². The SMILES string of the molecule is O=C(NCc1ccc(F)cc1)C1CCN(c2cc(Sc3cccc(F)c3)ncn2)CC1. The summed E-state index contributed by atoms with van der Waals surface area (Å²) in [6.45, 7) is 1.83. The fourth-order valence-corrected chi connectivity index (χ4v) is 4.34. The lowest BCUT2D eigenvalue weighted by molar-refractivity contribution is -0.125. The summed E-state index contributed by atoms with van der Waals surface area (Å²) in [4.78, 5) is 24.1. The molecule has 0 spiro atoms. The molecule has 1 aliphatic rings. The van der Waals surface area contributed by atoms with E-state index in [-0.39, 0.29) is 23.5 Å². The van der Waals surface area contributed by atoms with Gasteiger partial charge >= 0.3 is 0 Å². The van der Waals surface area contributed by atoms with E-state index in [1.165, 1.54) is 42.4 Å². The minimum Gasteiger partial charge on any atom is -0.356 e. The zero-order valence-electron chi connectivity index (χ0n) is 16.8. The Morgan fingerprint density at radius 1 is 1.03 bits per heavy atom. The summed E-state index contributed by atoms with van der Waals surface area (Å²) in [6, 6.07) is 14.4. The second kappa shape index (κ2) is 9.87. The predicted octanol–water partition coefficient (Wildman–Crippen LogP) is 4.44. The van der Waals surface area contributed by atoms with E-state index in [0.717, 1.165) is 47.2 Å². The molecule has 0 saturated carbocycles. The van der Waals surface area contributed by atoms with Crippen molar-refractivity contribution in [1.29, 1.82) is 0 Å². The molecule has 0 atom stereocenters. The van der Waals surface area contributed by atoms with Gasteiger partial charge in [0.1, 0.15) is 28.8 Å². The maximum atomic E-state index is 13.4. The standard InChI is InChI=1S/C23H22F2N4OS/c24-18-6-4-16(5-7-18)14-26-23(30)17-8-10-29(11-9-17)21-13-22(28-15-27-21)31-20-3-1-2-19(25)12-20/h1-7,12-13,15,17H,8-11,14H2,(H,26,30). The third kappa shape index (κ3) is 5.79. The zero-order chi connectivity index (χ0) is 21.6. The van der Waals surface area contributed by atoms with Gasteiger partial charge in [-0.1, -0.05) is 30.0 Å². The number of hydrogen-bond donors (Lipinski definition) is 1. The molecule has 31 heavy (non-hydrogen) atoms. The van der Waals surface area contributed by atoms with Crippen molar-refractivity contribution in [1.82, 2.24) is 15.3 Å². The summed E-state index contributed by atoms with van der Waals surface area (Å²) in [5, 5.41) is 3.69. The van der Waals surface area contributed by atoms with Crippen LogP contribution in [0.3, 0.4) is 0 Å². The molecule has 3 aromatic rings. The maximum Gasteiger partial charge on any atom is 0.223 e. The van der Waals surface area contributed by atoms with Crippen molar-refractivity contribution in [2.75, 3.05) is 18.0 Å². The molecule has 1 N–H and O–H groups in total. The molecule has 1 saturated heterocycles. The molecule has 0 bridgehead atoms. The van der Waals surface area contributed by atoms with Gasteiger partial charge in [0.25, 0.3) is 0 Å². The van der Waals surface area contributed by atoms with Crippen LogP contribution in [0.25, 0.3) is 0 Å².